The largest absolute Gasteiger partial charge is 0.521 e. The minimum Gasteiger partial charge on any atom is -0.327 e. The normalized spacial score (nSPS) is 23.0. The molecule has 0 spiro atoms. The molecule has 1 atom stereocenters. The van der Waals surface area contributed by atoms with Gasteiger partial charge < -0.3 is 4.90 Å². The van der Waals surface area contributed by atoms with E-state index in [0.717, 1.165) is 24.2 Å². The molecule has 0 radical (unpaired) electrons. The van der Waals surface area contributed by atoms with Gasteiger partial charge in [-0.1, -0.05) is 4.41 Å². The Balaban J connectivity index is 3.56. The van der Waals surface area contributed by atoms with Crippen LogP contribution in [0.25, 0.3) is 0 Å². The zero-order valence-electron chi connectivity index (χ0n) is 11.3. The number of carbonyl (C=O) groups excluding carboxylic acids is 1. The highest BCUT2D eigenvalue weighted by Gasteiger charge is 2.65. The van der Waals surface area contributed by atoms with Crippen molar-refractivity contribution >= 4 is 15.9 Å². The second kappa shape index (κ2) is 5.30. The van der Waals surface area contributed by atoms with E-state index in [1.807, 2.05) is 0 Å². The summed E-state index contributed by atoms with van der Waals surface area (Å²) in [5, 5.41) is 0. The molecule has 0 bridgehead atoms. The molecule has 1 heterocycles. The van der Waals surface area contributed by atoms with Gasteiger partial charge in [-0.25, -0.2) is 0 Å². The van der Waals surface area contributed by atoms with E-state index in [-0.39, 0.29) is 0 Å². The van der Waals surface area contributed by atoms with Crippen molar-refractivity contribution in [3.8, 4) is 0 Å². The molecule has 1 aliphatic rings. The fourth-order valence-electron chi connectivity index (χ4n) is 1.88. The molecular weight excluding hydrogens is 344 g/mol. The number of carbonyl (C=O) groups is 1. The van der Waals surface area contributed by atoms with Crippen molar-refractivity contribution < 1.29 is 44.1 Å². The van der Waals surface area contributed by atoms with Crippen LogP contribution in [0.2, 0.25) is 0 Å². The fraction of sp³-hybridized carbons (Fsp3) is 0.667. The number of nitrogens with zero attached hydrogens (tertiary/aromatic N) is 3. The Morgan fingerprint density at radius 1 is 1.27 bits per heavy atom. The van der Waals surface area contributed by atoms with E-state index in [2.05, 4.69) is 0 Å². The van der Waals surface area contributed by atoms with Gasteiger partial charge in [-0.05, 0) is 6.92 Å². The third kappa shape index (κ3) is 2.99. The summed E-state index contributed by atoms with van der Waals surface area (Å²) in [6.45, 7) is 0.0671. The Morgan fingerprint density at radius 2 is 1.77 bits per heavy atom. The van der Waals surface area contributed by atoms with Crippen LogP contribution in [0.15, 0.2) is 12.4 Å². The monoisotopic (exact) mass is 356 g/mol. The molecule has 0 aliphatic carbocycles. The molecular formula is C9H12F6N3O3S+. The summed E-state index contributed by atoms with van der Waals surface area (Å²) in [4.78, 5) is 12.5. The van der Waals surface area contributed by atoms with Crippen LogP contribution in [-0.4, -0.2) is 60.2 Å². The molecule has 6 nitrogen and oxygen atoms in total. The lowest BCUT2D eigenvalue weighted by molar-refractivity contribution is -0.961. The van der Waals surface area contributed by atoms with Crippen LogP contribution in [0.1, 0.15) is 6.92 Å². The molecule has 13 heteroatoms. The van der Waals surface area contributed by atoms with Crippen LogP contribution < -0.4 is 0 Å². The topological polar surface area (TPSA) is 57.7 Å². The number of quaternary nitrogens is 1. The summed E-state index contributed by atoms with van der Waals surface area (Å²) in [5.74, 6) is -3.10. The van der Waals surface area contributed by atoms with Gasteiger partial charge in [0, 0.05) is 7.05 Å². The minimum absolute atomic E-state index is 0.516. The van der Waals surface area contributed by atoms with Crippen molar-refractivity contribution in [1.29, 1.82) is 0 Å². The van der Waals surface area contributed by atoms with Gasteiger partial charge in [0.05, 0.1) is 6.20 Å². The molecule has 0 saturated carbocycles. The number of amides is 1. The molecule has 1 unspecified atom stereocenters. The average Bonchev–Trinajstić information content (AvgIpc) is 2.69. The second-order valence-corrected chi connectivity index (χ2v) is 6.26. The van der Waals surface area contributed by atoms with Gasteiger partial charge in [0.25, 0.3) is 0 Å². The van der Waals surface area contributed by atoms with Crippen molar-refractivity contribution in [3.63, 3.8) is 0 Å². The molecule has 1 rings (SSSR count). The van der Waals surface area contributed by atoms with Crippen LogP contribution in [0.3, 0.4) is 0 Å². The van der Waals surface area contributed by atoms with Gasteiger partial charge in [0.2, 0.25) is 0 Å². The maximum absolute atomic E-state index is 12.7. The highest BCUT2D eigenvalue weighted by molar-refractivity contribution is 7.90. The maximum atomic E-state index is 12.7. The van der Waals surface area contributed by atoms with Crippen LogP contribution in [0, 0.1) is 0 Å². The molecule has 0 N–H and O–H groups in total. The van der Waals surface area contributed by atoms with Crippen LogP contribution in [0.5, 0.6) is 0 Å². The van der Waals surface area contributed by atoms with Gasteiger partial charge in [0.1, 0.15) is 12.7 Å². The molecule has 0 fully saturated rings. The molecule has 0 aromatic carbocycles. The molecule has 22 heavy (non-hydrogen) atoms. The Bertz CT molecular complexity index is 584. The Labute approximate surface area is 121 Å². The van der Waals surface area contributed by atoms with Crippen LogP contribution in [-0.2, 0) is 14.8 Å². The third-order valence-corrected chi connectivity index (χ3v) is 4.44. The predicted octanol–water partition coefficient (Wildman–Crippen LogP) is 1.35. The van der Waals surface area contributed by atoms with Gasteiger partial charge >= 0.3 is 27.6 Å². The molecule has 0 aromatic rings. The van der Waals surface area contributed by atoms with Crippen molar-refractivity contribution in [1.82, 2.24) is 9.31 Å². The van der Waals surface area contributed by atoms with Crippen molar-refractivity contribution in [2.75, 3.05) is 20.3 Å². The number of alkyl halides is 6. The first-order chi connectivity index (χ1) is 9.69. The summed E-state index contributed by atoms with van der Waals surface area (Å²) in [6.07, 6.45) is -3.91. The van der Waals surface area contributed by atoms with Gasteiger partial charge in [-0.3, -0.25) is 4.79 Å². The van der Waals surface area contributed by atoms with E-state index in [9.17, 15) is 39.6 Å². The Hall–Kier alpha value is -1.50. The smallest absolute Gasteiger partial charge is 0.327 e. The van der Waals surface area contributed by atoms with Crippen molar-refractivity contribution in [2.24, 2.45) is 0 Å². The van der Waals surface area contributed by atoms with Crippen molar-refractivity contribution in [2.45, 2.75) is 18.6 Å². The highest BCUT2D eigenvalue weighted by atomic mass is 32.2. The summed E-state index contributed by atoms with van der Waals surface area (Å²) in [5.41, 5.74) is -6.05. The first-order valence-electron chi connectivity index (χ1n) is 5.68. The predicted molar refractivity (Wildman–Crippen MR) is 60.4 cm³/mol. The lowest BCUT2D eigenvalue weighted by Crippen LogP contribution is -2.66. The zero-order valence-corrected chi connectivity index (χ0v) is 12.1. The summed E-state index contributed by atoms with van der Waals surface area (Å²) in [6, 6.07) is 0. The molecule has 0 saturated heterocycles. The lowest BCUT2D eigenvalue weighted by atomic mass is 10.5. The first kappa shape index (κ1) is 18.5. The number of hydrogen-bond acceptors (Lipinski definition) is 4. The van der Waals surface area contributed by atoms with Crippen LogP contribution >= 0.6 is 0 Å². The Kier molecular flexibility index (Phi) is 4.46. The van der Waals surface area contributed by atoms with E-state index < -0.39 is 49.8 Å². The van der Waals surface area contributed by atoms with Crippen molar-refractivity contribution in [3.05, 3.63) is 12.4 Å². The summed E-state index contributed by atoms with van der Waals surface area (Å²) < 4.78 is 96.3. The van der Waals surface area contributed by atoms with Gasteiger partial charge in [0.15, 0.2) is 6.67 Å². The lowest BCUT2D eigenvalue weighted by Gasteiger charge is -2.38. The number of sulfonamides is 1. The van der Waals surface area contributed by atoms with Gasteiger partial charge in [-0.15, -0.1) is 0 Å². The van der Waals surface area contributed by atoms with E-state index in [1.54, 1.807) is 0 Å². The quantitative estimate of drug-likeness (QED) is 0.566. The number of hydrogen-bond donors (Lipinski definition) is 0. The molecule has 1 aliphatic heterocycles. The molecule has 128 valence electrons. The molecule has 0 aromatic heterocycles. The summed E-state index contributed by atoms with van der Waals surface area (Å²) in [7, 11) is -5.23. The third-order valence-electron chi connectivity index (χ3n) is 2.91. The van der Waals surface area contributed by atoms with Gasteiger partial charge in [-0.2, -0.15) is 39.4 Å². The second-order valence-electron chi connectivity index (χ2n) is 4.50. The summed E-state index contributed by atoms with van der Waals surface area (Å²) >= 11 is 0. The Morgan fingerprint density at radius 3 is 2.05 bits per heavy atom. The van der Waals surface area contributed by atoms with E-state index in [0.29, 0.717) is 0 Å². The standard InChI is InChI=1S/C9H12F6N3O3S/c1-3-18(5-4-16(2)6-18)17(7(19)8(10,11)12)22(20,21)9(13,14)15/h4-5H,3,6H2,1-2H3/q+1. The highest BCUT2D eigenvalue weighted by Crippen LogP contribution is 2.36. The maximum Gasteiger partial charge on any atom is 0.521 e. The van der Waals surface area contributed by atoms with Crippen LogP contribution in [0.4, 0.5) is 26.3 Å². The molecule has 1 amide bonds. The zero-order chi connectivity index (χ0) is 17.6. The fourth-order valence-corrected chi connectivity index (χ4v) is 3.05. The first-order valence-corrected chi connectivity index (χ1v) is 7.12. The number of halogens is 6. The number of rotatable bonds is 3. The SMILES string of the molecule is CC[N+]1(N(C(=O)C(F)(F)F)S(=O)(=O)C(F)(F)F)C=CN(C)C1. The van der Waals surface area contributed by atoms with E-state index in [1.165, 1.54) is 7.05 Å². The average molecular weight is 356 g/mol. The van der Waals surface area contributed by atoms with E-state index >= 15 is 0 Å². The minimum atomic E-state index is -6.54. The van der Waals surface area contributed by atoms with E-state index in [4.69, 9.17) is 0 Å².